The Morgan fingerprint density at radius 3 is 2.80 bits per heavy atom. The second-order valence-corrected chi connectivity index (χ2v) is 6.30. The Morgan fingerprint density at radius 1 is 1.25 bits per heavy atom. The molecule has 2 aliphatic rings. The fourth-order valence-electron chi connectivity index (χ4n) is 2.28. The highest BCUT2D eigenvalue weighted by Crippen LogP contribution is 2.46. The smallest absolute Gasteiger partial charge is 0.197 e. The van der Waals surface area contributed by atoms with Gasteiger partial charge < -0.3 is 4.57 Å². The van der Waals surface area contributed by atoms with Crippen LogP contribution in [0.2, 0.25) is 0 Å². The topological polar surface area (TPSA) is 67.4 Å². The molecular weight excluding hydrogens is 270 g/mol. The van der Waals surface area contributed by atoms with Gasteiger partial charge in [0.15, 0.2) is 5.16 Å². The van der Waals surface area contributed by atoms with Crippen LogP contribution in [0.1, 0.15) is 49.0 Å². The molecule has 100 valence electrons. The molecule has 5 nitrogen and oxygen atoms in total. The lowest BCUT2D eigenvalue weighted by Crippen LogP contribution is -2.01. The summed E-state index contributed by atoms with van der Waals surface area (Å²) in [6.45, 7) is 0. The maximum Gasteiger partial charge on any atom is 0.197 e. The van der Waals surface area contributed by atoms with Crippen LogP contribution in [0.5, 0.6) is 0 Å². The fourth-order valence-corrected chi connectivity index (χ4v) is 3.19. The van der Waals surface area contributed by atoms with Crippen molar-refractivity contribution in [2.45, 2.75) is 47.8 Å². The molecule has 0 aromatic carbocycles. The summed E-state index contributed by atoms with van der Waals surface area (Å²) in [4.78, 5) is 4.30. The maximum atomic E-state index is 8.95. The largest absolute Gasteiger partial charge is 0.302 e. The Morgan fingerprint density at radius 2 is 2.10 bits per heavy atom. The van der Waals surface area contributed by atoms with E-state index in [1.54, 1.807) is 18.3 Å². The molecule has 0 unspecified atom stereocenters. The zero-order valence-corrected chi connectivity index (χ0v) is 11.7. The molecule has 2 saturated carbocycles. The molecule has 0 amide bonds. The lowest BCUT2D eigenvalue weighted by molar-refractivity contribution is 0.626. The molecule has 2 heterocycles. The standard InChI is InChI=1S/C14H13N5S/c15-8-9-5-6-16-12(7-9)20-14-18-17-13(10-1-2-10)19(14)11-3-4-11/h5-7,10-11H,1-4H2. The third-order valence-electron chi connectivity index (χ3n) is 3.61. The predicted octanol–water partition coefficient (Wildman–Crippen LogP) is 2.91. The molecule has 0 spiro atoms. The Balaban J connectivity index is 1.66. The molecule has 0 N–H and O–H groups in total. The molecule has 20 heavy (non-hydrogen) atoms. The SMILES string of the molecule is N#Cc1ccnc(Sc2nnc(C3CC3)n2C2CC2)c1. The minimum absolute atomic E-state index is 0.572. The first kappa shape index (κ1) is 11.9. The van der Waals surface area contributed by atoms with Crippen LogP contribution in [0.4, 0.5) is 0 Å². The van der Waals surface area contributed by atoms with Crippen LogP contribution in [0, 0.1) is 11.3 Å². The third kappa shape index (κ3) is 2.18. The zero-order valence-electron chi connectivity index (χ0n) is 10.9. The van der Waals surface area contributed by atoms with E-state index in [1.807, 2.05) is 0 Å². The first-order valence-electron chi connectivity index (χ1n) is 6.84. The van der Waals surface area contributed by atoms with Gasteiger partial charge in [-0.1, -0.05) is 0 Å². The molecule has 0 aliphatic heterocycles. The van der Waals surface area contributed by atoms with E-state index in [2.05, 4.69) is 25.8 Å². The van der Waals surface area contributed by atoms with Crippen LogP contribution in [0.25, 0.3) is 0 Å². The maximum absolute atomic E-state index is 8.95. The number of aromatic nitrogens is 4. The minimum Gasteiger partial charge on any atom is -0.302 e. The van der Waals surface area contributed by atoms with E-state index in [0.717, 1.165) is 16.0 Å². The lowest BCUT2D eigenvalue weighted by Gasteiger charge is -2.07. The number of pyridine rings is 1. The van der Waals surface area contributed by atoms with Gasteiger partial charge in [-0.3, -0.25) is 0 Å². The summed E-state index contributed by atoms with van der Waals surface area (Å²) < 4.78 is 2.29. The van der Waals surface area contributed by atoms with Gasteiger partial charge in [-0.05, 0) is 49.6 Å². The first-order chi connectivity index (χ1) is 9.85. The van der Waals surface area contributed by atoms with E-state index in [4.69, 9.17) is 5.26 Å². The molecule has 2 aromatic rings. The molecule has 4 rings (SSSR count). The Bertz CT molecular complexity index is 694. The molecule has 0 saturated heterocycles. The summed E-state index contributed by atoms with van der Waals surface area (Å²) >= 11 is 1.51. The normalized spacial score (nSPS) is 17.9. The predicted molar refractivity (Wildman–Crippen MR) is 73.3 cm³/mol. The highest BCUT2D eigenvalue weighted by Gasteiger charge is 2.36. The van der Waals surface area contributed by atoms with E-state index < -0.39 is 0 Å². The molecule has 0 atom stereocenters. The monoisotopic (exact) mass is 283 g/mol. The summed E-state index contributed by atoms with van der Waals surface area (Å²) in [6.07, 6.45) is 6.57. The summed E-state index contributed by atoms with van der Waals surface area (Å²) in [5.74, 6) is 1.75. The van der Waals surface area contributed by atoms with E-state index >= 15 is 0 Å². The van der Waals surface area contributed by atoms with Crippen LogP contribution in [0.3, 0.4) is 0 Å². The second kappa shape index (κ2) is 4.60. The molecule has 2 fully saturated rings. The molecule has 0 radical (unpaired) electrons. The molecule has 0 bridgehead atoms. The fraction of sp³-hybridized carbons (Fsp3) is 0.429. The van der Waals surface area contributed by atoms with Crippen LogP contribution in [0.15, 0.2) is 28.5 Å². The van der Waals surface area contributed by atoms with Gasteiger partial charge in [0.25, 0.3) is 0 Å². The summed E-state index contributed by atoms with van der Waals surface area (Å²) in [7, 11) is 0. The van der Waals surface area contributed by atoms with Crippen molar-refractivity contribution >= 4 is 11.8 Å². The van der Waals surface area contributed by atoms with Crippen molar-refractivity contribution in [1.82, 2.24) is 19.7 Å². The Labute approximate surface area is 121 Å². The van der Waals surface area contributed by atoms with Gasteiger partial charge in [0.05, 0.1) is 11.6 Å². The van der Waals surface area contributed by atoms with Crippen molar-refractivity contribution in [3.05, 3.63) is 29.7 Å². The summed E-state index contributed by atoms with van der Waals surface area (Å²) in [5, 5.41) is 19.4. The summed E-state index contributed by atoms with van der Waals surface area (Å²) in [6, 6.07) is 6.22. The van der Waals surface area contributed by atoms with Crippen molar-refractivity contribution in [3.8, 4) is 6.07 Å². The van der Waals surface area contributed by atoms with Crippen LogP contribution in [-0.2, 0) is 0 Å². The van der Waals surface area contributed by atoms with E-state index in [0.29, 0.717) is 17.5 Å². The van der Waals surface area contributed by atoms with Gasteiger partial charge in [-0.15, -0.1) is 10.2 Å². The van der Waals surface area contributed by atoms with Gasteiger partial charge in [0.2, 0.25) is 0 Å². The van der Waals surface area contributed by atoms with Gasteiger partial charge in [-0.2, -0.15) is 5.26 Å². The van der Waals surface area contributed by atoms with Gasteiger partial charge in [-0.25, -0.2) is 4.98 Å². The zero-order chi connectivity index (χ0) is 13.5. The van der Waals surface area contributed by atoms with Crippen molar-refractivity contribution in [3.63, 3.8) is 0 Å². The van der Waals surface area contributed by atoms with E-state index in [1.165, 1.54) is 37.4 Å². The lowest BCUT2D eigenvalue weighted by atomic mass is 10.3. The molecule has 2 aliphatic carbocycles. The minimum atomic E-state index is 0.572. The average Bonchev–Trinajstić information content (AvgIpc) is 3.38. The van der Waals surface area contributed by atoms with E-state index in [-0.39, 0.29) is 0 Å². The molecular formula is C14H13N5S. The highest BCUT2D eigenvalue weighted by atomic mass is 32.2. The molecule has 2 aromatic heterocycles. The Kier molecular flexibility index (Phi) is 2.74. The van der Waals surface area contributed by atoms with Crippen molar-refractivity contribution < 1.29 is 0 Å². The number of nitrogens with zero attached hydrogens (tertiary/aromatic N) is 5. The molecule has 6 heteroatoms. The Hall–Kier alpha value is -1.87. The van der Waals surface area contributed by atoms with E-state index in [9.17, 15) is 0 Å². The van der Waals surface area contributed by atoms with Gasteiger partial charge in [0.1, 0.15) is 10.9 Å². The highest BCUT2D eigenvalue weighted by molar-refractivity contribution is 7.99. The number of nitriles is 1. The number of hydrogen-bond acceptors (Lipinski definition) is 5. The number of rotatable bonds is 4. The van der Waals surface area contributed by atoms with Crippen LogP contribution >= 0.6 is 11.8 Å². The van der Waals surface area contributed by atoms with Crippen LogP contribution < -0.4 is 0 Å². The van der Waals surface area contributed by atoms with Gasteiger partial charge >= 0.3 is 0 Å². The average molecular weight is 283 g/mol. The van der Waals surface area contributed by atoms with Crippen molar-refractivity contribution in [2.24, 2.45) is 0 Å². The summed E-state index contributed by atoms with van der Waals surface area (Å²) in [5.41, 5.74) is 0.627. The second-order valence-electron chi connectivity index (χ2n) is 5.31. The van der Waals surface area contributed by atoms with Crippen molar-refractivity contribution in [2.75, 3.05) is 0 Å². The van der Waals surface area contributed by atoms with Gasteiger partial charge in [0, 0.05) is 18.2 Å². The number of hydrogen-bond donors (Lipinski definition) is 0. The van der Waals surface area contributed by atoms with Crippen molar-refractivity contribution in [1.29, 1.82) is 5.26 Å². The third-order valence-corrected chi connectivity index (χ3v) is 4.50. The quantitative estimate of drug-likeness (QED) is 0.863. The first-order valence-corrected chi connectivity index (χ1v) is 7.65. The van der Waals surface area contributed by atoms with Crippen LogP contribution in [-0.4, -0.2) is 19.7 Å².